The van der Waals surface area contributed by atoms with Crippen molar-refractivity contribution in [3.8, 4) is 22.4 Å². The summed E-state index contributed by atoms with van der Waals surface area (Å²) < 4.78 is 4.00. The average Bonchev–Trinajstić information content (AvgIpc) is 3.54. The van der Waals surface area contributed by atoms with E-state index in [1.807, 2.05) is 54.6 Å². The van der Waals surface area contributed by atoms with Gasteiger partial charge in [-0.1, -0.05) is 30.3 Å². The molecule has 0 radical (unpaired) electrons. The molecular formula is C28H28N8. The van der Waals surface area contributed by atoms with Crippen LogP contribution in [0.1, 0.15) is 12.8 Å². The van der Waals surface area contributed by atoms with Crippen molar-refractivity contribution >= 4 is 28.2 Å². The van der Waals surface area contributed by atoms with E-state index >= 15 is 0 Å². The first kappa shape index (κ1) is 22.3. The van der Waals surface area contributed by atoms with E-state index in [9.17, 15) is 0 Å². The van der Waals surface area contributed by atoms with Gasteiger partial charge in [0.2, 0.25) is 5.95 Å². The quantitative estimate of drug-likeness (QED) is 0.341. The van der Waals surface area contributed by atoms with Crippen molar-refractivity contribution in [1.29, 1.82) is 0 Å². The van der Waals surface area contributed by atoms with Crippen molar-refractivity contribution < 1.29 is 0 Å². The number of hydrogen-bond acceptors (Lipinski definition) is 5. The van der Waals surface area contributed by atoms with Crippen LogP contribution in [0.4, 0.5) is 11.6 Å². The summed E-state index contributed by atoms with van der Waals surface area (Å²) in [6.45, 7) is 9.24. The minimum atomic E-state index is 0.589. The molecule has 6 rings (SSSR count). The predicted molar refractivity (Wildman–Crippen MR) is 143 cm³/mol. The first-order valence-corrected chi connectivity index (χ1v) is 12.2. The molecule has 0 N–H and O–H groups in total. The average molecular weight is 477 g/mol. The Morgan fingerprint density at radius 2 is 1.78 bits per heavy atom. The zero-order valence-corrected chi connectivity index (χ0v) is 20.8. The van der Waals surface area contributed by atoms with Gasteiger partial charge in [-0.2, -0.15) is 5.10 Å². The second-order valence-electron chi connectivity index (χ2n) is 9.64. The standard InChI is InChI=1S/C28H28N8/c1-29-22-8-5-19(6-9-22)26-25(20-7-10-24-21(17-20)18-31-34(24)4)27-30-13-16-36(27)28(32-26)35-14-11-23(12-15-35)33(2)3/h5-10,13,16-18,23H,11-12,14-15H2,2-4H3. The molecule has 0 spiro atoms. The number of anilines is 1. The Morgan fingerprint density at radius 1 is 1.03 bits per heavy atom. The maximum atomic E-state index is 7.35. The number of aromatic nitrogens is 5. The van der Waals surface area contributed by atoms with Crippen LogP contribution in [0.2, 0.25) is 0 Å². The Labute approximate surface area is 210 Å². The second-order valence-corrected chi connectivity index (χ2v) is 9.64. The highest BCUT2D eigenvalue weighted by molar-refractivity contribution is 5.95. The number of piperidine rings is 1. The summed E-state index contributed by atoms with van der Waals surface area (Å²) in [4.78, 5) is 18.4. The van der Waals surface area contributed by atoms with E-state index in [1.165, 1.54) is 0 Å². The van der Waals surface area contributed by atoms with Crippen LogP contribution >= 0.6 is 0 Å². The molecule has 1 fully saturated rings. The molecule has 36 heavy (non-hydrogen) atoms. The molecule has 8 nitrogen and oxygen atoms in total. The first-order valence-electron chi connectivity index (χ1n) is 12.2. The first-order chi connectivity index (χ1) is 17.5. The molecule has 1 aliphatic heterocycles. The van der Waals surface area contributed by atoms with Crippen LogP contribution in [0.25, 0.3) is 43.8 Å². The fourth-order valence-electron chi connectivity index (χ4n) is 5.26. The molecular weight excluding hydrogens is 448 g/mol. The highest BCUT2D eigenvalue weighted by atomic mass is 15.3. The Morgan fingerprint density at radius 3 is 2.50 bits per heavy atom. The lowest BCUT2D eigenvalue weighted by Gasteiger charge is -2.36. The van der Waals surface area contributed by atoms with E-state index < -0.39 is 0 Å². The van der Waals surface area contributed by atoms with Gasteiger partial charge in [0, 0.05) is 44.0 Å². The van der Waals surface area contributed by atoms with Crippen molar-refractivity contribution in [1.82, 2.24) is 29.0 Å². The summed E-state index contributed by atoms with van der Waals surface area (Å²) in [7, 11) is 6.27. The van der Waals surface area contributed by atoms with Crippen molar-refractivity contribution in [2.75, 3.05) is 32.1 Å². The molecule has 5 aromatic rings. The van der Waals surface area contributed by atoms with E-state index in [1.54, 1.807) is 0 Å². The largest absolute Gasteiger partial charge is 0.342 e. The smallest absolute Gasteiger partial charge is 0.211 e. The molecule has 0 aliphatic carbocycles. The fourth-order valence-corrected chi connectivity index (χ4v) is 5.26. The zero-order chi connectivity index (χ0) is 24.8. The van der Waals surface area contributed by atoms with Gasteiger partial charge in [-0.25, -0.2) is 14.8 Å². The molecule has 8 heteroatoms. The van der Waals surface area contributed by atoms with Crippen LogP contribution in [0.5, 0.6) is 0 Å². The van der Waals surface area contributed by atoms with Gasteiger partial charge < -0.3 is 9.80 Å². The van der Waals surface area contributed by atoms with E-state index in [-0.39, 0.29) is 0 Å². The van der Waals surface area contributed by atoms with Crippen molar-refractivity contribution in [3.63, 3.8) is 0 Å². The number of imidazole rings is 1. The minimum Gasteiger partial charge on any atom is -0.342 e. The summed E-state index contributed by atoms with van der Waals surface area (Å²) in [5.74, 6) is 0.912. The number of aryl methyl sites for hydroxylation is 1. The third-order valence-corrected chi connectivity index (χ3v) is 7.31. The molecule has 0 amide bonds. The van der Waals surface area contributed by atoms with Gasteiger partial charge >= 0.3 is 0 Å². The van der Waals surface area contributed by atoms with Gasteiger partial charge in [0.15, 0.2) is 5.69 Å². The monoisotopic (exact) mass is 476 g/mol. The Hall–Kier alpha value is -4.22. The van der Waals surface area contributed by atoms with Crippen molar-refractivity contribution in [3.05, 3.63) is 72.5 Å². The van der Waals surface area contributed by atoms with Gasteiger partial charge in [0.25, 0.3) is 0 Å². The van der Waals surface area contributed by atoms with E-state index in [4.69, 9.17) is 16.5 Å². The number of benzene rings is 2. The lowest BCUT2D eigenvalue weighted by atomic mass is 9.98. The summed E-state index contributed by atoms with van der Waals surface area (Å²) in [6.07, 6.45) is 7.94. The summed E-state index contributed by atoms with van der Waals surface area (Å²) in [5, 5.41) is 5.49. The van der Waals surface area contributed by atoms with Crippen LogP contribution in [0.3, 0.4) is 0 Å². The van der Waals surface area contributed by atoms with Crippen LogP contribution in [0, 0.1) is 6.57 Å². The van der Waals surface area contributed by atoms with Gasteiger partial charge in [-0.15, -0.1) is 0 Å². The Balaban J connectivity index is 1.55. The predicted octanol–water partition coefficient (Wildman–Crippen LogP) is 5.03. The molecule has 1 saturated heterocycles. The molecule has 0 bridgehead atoms. The van der Waals surface area contributed by atoms with Crippen molar-refractivity contribution in [2.45, 2.75) is 18.9 Å². The van der Waals surface area contributed by atoms with Gasteiger partial charge in [-0.3, -0.25) is 9.08 Å². The number of nitrogens with zero attached hydrogens (tertiary/aromatic N) is 8. The molecule has 1 aliphatic rings. The topological polar surface area (TPSA) is 58.9 Å². The SMILES string of the molecule is [C-]#[N+]c1ccc(-c2nc(N3CCC(N(C)C)CC3)n3ccnc3c2-c2ccc3c(cnn3C)c2)cc1. The number of hydrogen-bond donors (Lipinski definition) is 0. The van der Waals surface area contributed by atoms with Crippen LogP contribution in [-0.4, -0.2) is 62.3 Å². The highest BCUT2D eigenvalue weighted by Gasteiger charge is 2.26. The van der Waals surface area contributed by atoms with Crippen LogP contribution < -0.4 is 4.90 Å². The summed E-state index contributed by atoms with van der Waals surface area (Å²) >= 11 is 0. The normalized spacial score (nSPS) is 14.7. The lowest BCUT2D eigenvalue weighted by Crippen LogP contribution is -2.43. The third kappa shape index (κ3) is 3.69. The molecule has 3 aromatic heterocycles. The molecule has 0 saturated carbocycles. The number of rotatable bonds is 4. The van der Waals surface area contributed by atoms with Crippen molar-refractivity contribution in [2.24, 2.45) is 7.05 Å². The number of fused-ring (bicyclic) bond motifs is 2. The van der Waals surface area contributed by atoms with Gasteiger partial charge in [0.05, 0.1) is 29.5 Å². The lowest BCUT2D eigenvalue weighted by molar-refractivity contribution is 0.249. The van der Waals surface area contributed by atoms with E-state index in [0.29, 0.717) is 11.7 Å². The van der Waals surface area contributed by atoms with Crippen LogP contribution in [-0.2, 0) is 7.05 Å². The van der Waals surface area contributed by atoms with Gasteiger partial charge in [-0.05, 0) is 50.2 Å². The molecule has 180 valence electrons. The fraction of sp³-hybridized carbons (Fsp3) is 0.286. The zero-order valence-electron chi connectivity index (χ0n) is 20.8. The maximum Gasteiger partial charge on any atom is 0.211 e. The van der Waals surface area contributed by atoms with E-state index in [0.717, 1.165) is 70.8 Å². The molecule has 0 unspecified atom stereocenters. The summed E-state index contributed by atoms with van der Waals surface area (Å²) in [5.41, 5.74) is 6.44. The Bertz CT molecular complexity index is 1590. The molecule has 0 atom stereocenters. The Kier molecular flexibility index (Phi) is 5.42. The molecule has 4 heterocycles. The minimum absolute atomic E-state index is 0.589. The third-order valence-electron chi connectivity index (χ3n) is 7.31. The maximum absolute atomic E-state index is 7.35. The summed E-state index contributed by atoms with van der Waals surface area (Å²) in [6, 6.07) is 14.7. The van der Waals surface area contributed by atoms with Crippen LogP contribution in [0.15, 0.2) is 61.1 Å². The highest BCUT2D eigenvalue weighted by Crippen LogP contribution is 2.38. The van der Waals surface area contributed by atoms with Gasteiger partial charge in [0.1, 0.15) is 5.65 Å². The second kappa shape index (κ2) is 8.77. The molecule has 2 aromatic carbocycles. The van der Waals surface area contributed by atoms with E-state index in [2.05, 4.69) is 56.4 Å².